The molecule has 0 amide bonds. The van der Waals surface area contributed by atoms with Crippen molar-refractivity contribution in [2.24, 2.45) is 0 Å². The molecule has 2 aliphatic rings. The minimum atomic E-state index is 0.192. The number of aromatic nitrogens is 5. The highest BCUT2D eigenvalue weighted by molar-refractivity contribution is 6.31. The van der Waals surface area contributed by atoms with Gasteiger partial charge in [-0.05, 0) is 73.2 Å². The smallest absolute Gasteiger partial charge is 0.235 e. The Morgan fingerprint density at radius 3 is 2.14 bits per heavy atom. The predicted molar refractivity (Wildman–Crippen MR) is 246 cm³/mol. The van der Waals surface area contributed by atoms with Gasteiger partial charge in [-0.2, -0.15) is 0 Å². The maximum Gasteiger partial charge on any atom is 0.235 e. The first-order valence-electron chi connectivity index (χ1n) is 20.7. The second-order valence-corrected chi connectivity index (χ2v) is 16.0. The van der Waals surface area contributed by atoms with Crippen molar-refractivity contribution in [1.29, 1.82) is 0 Å². The van der Waals surface area contributed by atoms with Gasteiger partial charge >= 0.3 is 0 Å². The summed E-state index contributed by atoms with van der Waals surface area (Å²) in [5.74, 6) is 0.714. The van der Waals surface area contributed by atoms with Crippen LogP contribution in [-0.2, 0) is 6.42 Å². The molecule has 4 heterocycles. The number of nitrogens with zero attached hydrogens (tertiary/aromatic N) is 5. The summed E-state index contributed by atoms with van der Waals surface area (Å²) in [4.78, 5) is 10.7. The van der Waals surface area contributed by atoms with Gasteiger partial charge in [0.15, 0.2) is 0 Å². The van der Waals surface area contributed by atoms with E-state index in [1.165, 1.54) is 71.0 Å². The van der Waals surface area contributed by atoms with E-state index < -0.39 is 0 Å². The summed E-state index contributed by atoms with van der Waals surface area (Å²) in [6.45, 7) is 0. The van der Waals surface area contributed by atoms with Crippen LogP contribution in [0.2, 0.25) is 0 Å². The van der Waals surface area contributed by atoms with Crippen LogP contribution in [0.15, 0.2) is 176 Å². The molecule has 0 aliphatic heterocycles. The van der Waals surface area contributed by atoms with Gasteiger partial charge in [-0.3, -0.25) is 4.57 Å². The van der Waals surface area contributed by atoms with Crippen molar-refractivity contribution in [1.82, 2.24) is 23.7 Å². The molecule has 0 bridgehead atoms. The molecule has 5 nitrogen and oxygen atoms in total. The molecule has 59 heavy (non-hydrogen) atoms. The fourth-order valence-electron chi connectivity index (χ4n) is 10.3. The zero-order valence-electron chi connectivity index (χ0n) is 32.3. The Morgan fingerprint density at radius 1 is 0.525 bits per heavy atom. The second-order valence-electron chi connectivity index (χ2n) is 16.0. The summed E-state index contributed by atoms with van der Waals surface area (Å²) in [6, 6.07) is 53.1. The standard InChI is InChI=1S/C54H37N5/c1-4-16-35(17-5-1)53-39-23-10-13-25-43(39)55-54(56-53)59-45-27-15-12-24-40(45)51-47(59)31-29-34-28-30-46-52(50(34)51)42-33-48-41(32-49(42)58(46)37-20-8-3-9-21-37)38-22-11-14-26-44(38)57(48)36-18-6-2-7-19-36/h1-14,16-20,22-26,28-33,37H,15,21,27H2. The molecule has 0 N–H and O–H groups in total. The lowest BCUT2D eigenvalue weighted by Crippen LogP contribution is -2.08. The fourth-order valence-corrected chi connectivity index (χ4v) is 10.3. The van der Waals surface area contributed by atoms with Gasteiger partial charge in [0.2, 0.25) is 5.95 Å². The van der Waals surface area contributed by atoms with E-state index in [9.17, 15) is 0 Å². The topological polar surface area (TPSA) is 40.6 Å². The second kappa shape index (κ2) is 12.5. The zero-order chi connectivity index (χ0) is 38.6. The maximum absolute atomic E-state index is 5.43. The van der Waals surface area contributed by atoms with Crippen LogP contribution in [0.25, 0.3) is 105 Å². The zero-order valence-corrected chi connectivity index (χ0v) is 32.3. The lowest BCUT2D eigenvalue weighted by atomic mass is 9.95. The Morgan fingerprint density at radius 2 is 1.29 bits per heavy atom. The Labute approximate surface area is 340 Å². The third kappa shape index (κ3) is 4.67. The molecule has 0 fully saturated rings. The first kappa shape index (κ1) is 32.6. The first-order valence-corrected chi connectivity index (χ1v) is 20.7. The first-order chi connectivity index (χ1) is 29.3. The molecule has 278 valence electrons. The van der Waals surface area contributed by atoms with Gasteiger partial charge in [0.25, 0.3) is 0 Å². The van der Waals surface area contributed by atoms with Gasteiger partial charge in [-0.25, -0.2) is 9.97 Å². The van der Waals surface area contributed by atoms with Crippen molar-refractivity contribution in [2.75, 3.05) is 0 Å². The molecule has 0 radical (unpaired) electrons. The molecule has 5 heteroatoms. The summed E-state index contributed by atoms with van der Waals surface area (Å²) in [5, 5.41) is 9.92. The number of para-hydroxylation sites is 3. The minimum Gasteiger partial charge on any atom is -0.333 e. The molecule has 7 aromatic carbocycles. The molecular weight excluding hydrogens is 719 g/mol. The molecule has 4 aromatic heterocycles. The highest BCUT2D eigenvalue weighted by atomic mass is 15.2. The molecule has 1 atom stereocenters. The summed E-state index contributed by atoms with van der Waals surface area (Å²) < 4.78 is 7.42. The van der Waals surface area contributed by atoms with Gasteiger partial charge in [0.1, 0.15) is 0 Å². The Kier molecular flexibility index (Phi) is 6.90. The van der Waals surface area contributed by atoms with Crippen molar-refractivity contribution in [3.05, 3.63) is 187 Å². The van der Waals surface area contributed by atoms with Crippen molar-refractivity contribution >= 4 is 82.3 Å². The number of hydrogen-bond acceptors (Lipinski definition) is 2. The Hall–Kier alpha value is -7.50. The van der Waals surface area contributed by atoms with Crippen LogP contribution in [-0.4, -0.2) is 23.7 Å². The van der Waals surface area contributed by atoms with Crippen LogP contribution in [0.4, 0.5) is 0 Å². The van der Waals surface area contributed by atoms with Gasteiger partial charge in [-0.1, -0.05) is 134 Å². The SMILES string of the molecule is C1=CCC(n2c3cc4c5ccccc5n(-c5ccccc5)c4cc3c3c4c(ccc5c4c4c(n5-c5nc(-c6ccccc6)c6ccccc6n5)CCC=C4)ccc32)C=C1. The van der Waals surface area contributed by atoms with Gasteiger partial charge in [-0.15, -0.1) is 0 Å². The van der Waals surface area contributed by atoms with E-state index in [-0.39, 0.29) is 6.04 Å². The van der Waals surface area contributed by atoms with E-state index >= 15 is 0 Å². The number of fused-ring (bicyclic) bond motifs is 13. The van der Waals surface area contributed by atoms with E-state index in [0.29, 0.717) is 5.95 Å². The average molecular weight is 756 g/mol. The predicted octanol–water partition coefficient (Wildman–Crippen LogP) is 13.6. The van der Waals surface area contributed by atoms with Crippen molar-refractivity contribution in [3.8, 4) is 22.9 Å². The molecule has 13 rings (SSSR count). The van der Waals surface area contributed by atoms with Crippen LogP contribution in [0, 0.1) is 0 Å². The third-order valence-electron chi connectivity index (χ3n) is 12.8. The van der Waals surface area contributed by atoms with E-state index in [4.69, 9.17) is 9.97 Å². The molecule has 11 aromatic rings. The van der Waals surface area contributed by atoms with Crippen LogP contribution >= 0.6 is 0 Å². The molecule has 0 saturated heterocycles. The largest absolute Gasteiger partial charge is 0.333 e. The maximum atomic E-state index is 5.43. The number of benzene rings is 7. The van der Waals surface area contributed by atoms with Gasteiger partial charge in [0, 0.05) is 60.2 Å². The van der Waals surface area contributed by atoms with Crippen LogP contribution in [0.3, 0.4) is 0 Å². The van der Waals surface area contributed by atoms with Crippen LogP contribution in [0.1, 0.15) is 30.1 Å². The van der Waals surface area contributed by atoms with E-state index in [1.54, 1.807) is 0 Å². The number of hydrogen-bond donors (Lipinski definition) is 0. The van der Waals surface area contributed by atoms with E-state index in [0.717, 1.165) is 52.6 Å². The van der Waals surface area contributed by atoms with Gasteiger partial charge in [0.05, 0.1) is 44.8 Å². The van der Waals surface area contributed by atoms with Crippen molar-refractivity contribution in [3.63, 3.8) is 0 Å². The summed E-state index contributed by atoms with van der Waals surface area (Å²) in [7, 11) is 0. The number of rotatable bonds is 4. The summed E-state index contributed by atoms with van der Waals surface area (Å²) >= 11 is 0. The fraction of sp³-hybridized carbons (Fsp3) is 0.0741. The number of allylic oxidation sites excluding steroid dienone is 5. The summed E-state index contributed by atoms with van der Waals surface area (Å²) in [6.07, 6.45) is 16.6. The molecule has 0 spiro atoms. The van der Waals surface area contributed by atoms with E-state index in [1.807, 2.05) is 0 Å². The lowest BCUT2D eigenvalue weighted by Gasteiger charge is -2.18. The molecule has 2 aliphatic carbocycles. The molecular formula is C54H37N5. The van der Waals surface area contributed by atoms with Crippen LogP contribution < -0.4 is 0 Å². The Balaban J connectivity index is 1.19. The average Bonchev–Trinajstić information content (AvgIpc) is 3.94. The third-order valence-corrected chi connectivity index (χ3v) is 12.8. The van der Waals surface area contributed by atoms with Gasteiger partial charge < -0.3 is 9.13 Å². The highest BCUT2D eigenvalue weighted by Crippen LogP contribution is 2.47. The monoisotopic (exact) mass is 755 g/mol. The quantitative estimate of drug-likeness (QED) is 0.179. The molecule has 1 unspecified atom stereocenters. The van der Waals surface area contributed by atoms with Crippen molar-refractivity contribution in [2.45, 2.75) is 25.3 Å². The summed E-state index contributed by atoms with van der Waals surface area (Å²) in [5.41, 5.74) is 12.7. The minimum absolute atomic E-state index is 0.192. The lowest BCUT2D eigenvalue weighted by molar-refractivity contribution is 0.648. The van der Waals surface area contributed by atoms with Crippen molar-refractivity contribution < 1.29 is 0 Å². The van der Waals surface area contributed by atoms with E-state index in [2.05, 4.69) is 196 Å². The van der Waals surface area contributed by atoms with Crippen LogP contribution in [0.5, 0.6) is 0 Å². The molecule has 0 saturated carbocycles. The Bertz CT molecular complexity index is 3630. The highest BCUT2D eigenvalue weighted by Gasteiger charge is 2.27. The normalized spacial score (nSPS) is 15.2.